The molecule has 3 heteroatoms. The summed E-state index contributed by atoms with van der Waals surface area (Å²) >= 11 is 0. The van der Waals surface area contributed by atoms with E-state index in [1.54, 1.807) is 13.0 Å². The third-order valence-electron chi connectivity index (χ3n) is 6.10. The zero-order chi connectivity index (χ0) is 20.7. The molecule has 150 valence electrons. The third-order valence-corrected chi connectivity index (χ3v) is 6.10. The van der Waals surface area contributed by atoms with E-state index in [9.17, 15) is 4.79 Å². The Morgan fingerprint density at radius 1 is 1.11 bits per heavy atom. The number of allylic oxidation sites excluding steroid dienone is 1. The van der Waals surface area contributed by atoms with Crippen LogP contribution in [0.3, 0.4) is 0 Å². The maximum Gasteiger partial charge on any atom is 0.374 e. The number of benzene rings is 1. The fourth-order valence-corrected chi connectivity index (χ4v) is 4.19. The van der Waals surface area contributed by atoms with Crippen LogP contribution in [0, 0.1) is 6.92 Å². The van der Waals surface area contributed by atoms with Gasteiger partial charge in [-0.3, -0.25) is 0 Å². The molecular formula is C25H32O3. The van der Waals surface area contributed by atoms with Crippen molar-refractivity contribution in [2.45, 2.75) is 71.6 Å². The summed E-state index contributed by atoms with van der Waals surface area (Å²) in [5.74, 6) is 0.549. The number of carbonyl (C=O) groups is 1. The van der Waals surface area contributed by atoms with Crippen LogP contribution in [0.15, 0.2) is 35.3 Å². The minimum absolute atomic E-state index is 0.162. The number of aryl methyl sites for hydroxylation is 1. The average molecular weight is 381 g/mol. The number of hydrogen-bond donors (Lipinski definition) is 0. The standard InChI is InChI=1S/C25H32O3/c1-8-27-23(26)22-10-9-18(28-22)13-16(2)19-15-21-20(14-17(19)3)24(4,5)11-12-25(21,6)7/h9-10,14-15H,2,8,11-13H2,1,3-7H3. The highest BCUT2D eigenvalue weighted by Gasteiger charge is 2.37. The predicted molar refractivity (Wildman–Crippen MR) is 114 cm³/mol. The van der Waals surface area contributed by atoms with Gasteiger partial charge in [-0.1, -0.05) is 46.4 Å². The molecule has 0 radical (unpaired) electrons. The van der Waals surface area contributed by atoms with Gasteiger partial charge in [0.05, 0.1) is 6.61 Å². The Balaban J connectivity index is 1.90. The summed E-state index contributed by atoms with van der Waals surface area (Å²) in [5, 5.41) is 0. The minimum atomic E-state index is -0.423. The molecule has 0 amide bonds. The number of ether oxygens (including phenoxy) is 1. The lowest BCUT2D eigenvalue weighted by Gasteiger charge is -2.42. The number of furan rings is 1. The van der Waals surface area contributed by atoms with Crippen LogP contribution in [-0.2, 0) is 22.0 Å². The van der Waals surface area contributed by atoms with Gasteiger partial charge in [-0.25, -0.2) is 4.79 Å². The van der Waals surface area contributed by atoms with Gasteiger partial charge >= 0.3 is 5.97 Å². The van der Waals surface area contributed by atoms with E-state index < -0.39 is 5.97 Å². The van der Waals surface area contributed by atoms with Gasteiger partial charge in [-0.05, 0) is 77.5 Å². The highest BCUT2D eigenvalue weighted by atomic mass is 16.5. The van der Waals surface area contributed by atoms with Gasteiger partial charge in [-0.2, -0.15) is 0 Å². The Morgan fingerprint density at radius 2 is 1.71 bits per heavy atom. The van der Waals surface area contributed by atoms with Crippen molar-refractivity contribution >= 4 is 11.5 Å². The number of hydrogen-bond acceptors (Lipinski definition) is 3. The van der Waals surface area contributed by atoms with Crippen molar-refractivity contribution in [2.24, 2.45) is 0 Å². The first-order chi connectivity index (χ1) is 13.0. The highest BCUT2D eigenvalue weighted by molar-refractivity contribution is 5.86. The monoisotopic (exact) mass is 380 g/mol. The second kappa shape index (κ2) is 7.27. The van der Waals surface area contributed by atoms with E-state index in [1.165, 1.54) is 35.1 Å². The SMILES string of the molecule is C=C(Cc1ccc(C(=O)OCC)o1)c1cc2c(cc1C)C(C)(C)CCC2(C)C. The van der Waals surface area contributed by atoms with Crippen LogP contribution in [0.4, 0.5) is 0 Å². The molecule has 28 heavy (non-hydrogen) atoms. The summed E-state index contributed by atoms with van der Waals surface area (Å²) < 4.78 is 10.7. The zero-order valence-corrected chi connectivity index (χ0v) is 18.1. The first-order valence-corrected chi connectivity index (χ1v) is 10.1. The Morgan fingerprint density at radius 3 is 2.32 bits per heavy atom. The Hall–Kier alpha value is -2.29. The van der Waals surface area contributed by atoms with Crippen molar-refractivity contribution in [1.29, 1.82) is 0 Å². The van der Waals surface area contributed by atoms with Crippen LogP contribution in [0.1, 0.15) is 86.0 Å². The first-order valence-electron chi connectivity index (χ1n) is 10.1. The molecule has 0 N–H and O–H groups in total. The van der Waals surface area contributed by atoms with Crippen molar-refractivity contribution in [3.05, 3.63) is 64.6 Å². The predicted octanol–water partition coefficient (Wildman–Crippen LogP) is 6.37. The summed E-state index contributed by atoms with van der Waals surface area (Å²) in [6.07, 6.45) is 2.96. The maximum absolute atomic E-state index is 11.8. The molecule has 0 saturated carbocycles. The lowest BCUT2D eigenvalue weighted by Crippen LogP contribution is -2.34. The van der Waals surface area contributed by atoms with Crippen LogP contribution in [-0.4, -0.2) is 12.6 Å². The van der Waals surface area contributed by atoms with Gasteiger partial charge in [0.2, 0.25) is 5.76 Å². The molecule has 0 saturated heterocycles. The molecule has 1 aromatic carbocycles. The number of carbonyl (C=O) groups excluding carboxylic acids is 1. The first kappa shape index (κ1) is 20.4. The normalized spacial score (nSPS) is 17.1. The molecule has 2 aromatic rings. The van der Waals surface area contributed by atoms with Gasteiger partial charge in [0, 0.05) is 6.42 Å². The molecule has 3 rings (SSSR count). The van der Waals surface area contributed by atoms with Gasteiger partial charge in [-0.15, -0.1) is 0 Å². The van der Waals surface area contributed by atoms with Crippen molar-refractivity contribution in [2.75, 3.05) is 6.61 Å². The second-order valence-electron chi connectivity index (χ2n) is 9.25. The molecule has 0 fully saturated rings. The largest absolute Gasteiger partial charge is 0.460 e. The van der Waals surface area contributed by atoms with Crippen molar-refractivity contribution in [1.82, 2.24) is 0 Å². The average Bonchev–Trinajstić information content (AvgIpc) is 3.07. The topological polar surface area (TPSA) is 39.4 Å². The fourth-order valence-electron chi connectivity index (χ4n) is 4.19. The van der Waals surface area contributed by atoms with E-state index >= 15 is 0 Å². The smallest absolute Gasteiger partial charge is 0.374 e. The molecule has 0 spiro atoms. The summed E-state index contributed by atoms with van der Waals surface area (Å²) in [4.78, 5) is 11.8. The number of rotatable bonds is 5. The Labute approximate surface area is 168 Å². The number of fused-ring (bicyclic) bond motifs is 1. The maximum atomic E-state index is 11.8. The van der Waals surface area contributed by atoms with Crippen LogP contribution in [0.2, 0.25) is 0 Å². The molecule has 1 aromatic heterocycles. The summed E-state index contributed by atoms with van der Waals surface area (Å²) in [6, 6.07) is 8.19. The Kier molecular flexibility index (Phi) is 5.31. The van der Waals surface area contributed by atoms with E-state index in [1.807, 2.05) is 6.07 Å². The van der Waals surface area contributed by atoms with Crippen LogP contribution in [0.25, 0.3) is 5.57 Å². The van der Waals surface area contributed by atoms with E-state index in [0.29, 0.717) is 13.0 Å². The molecule has 0 unspecified atom stereocenters. The van der Waals surface area contributed by atoms with Gasteiger partial charge in [0.25, 0.3) is 0 Å². The highest BCUT2D eigenvalue weighted by Crippen LogP contribution is 2.47. The fraction of sp³-hybridized carbons (Fsp3) is 0.480. The quantitative estimate of drug-likeness (QED) is 0.566. The van der Waals surface area contributed by atoms with Crippen molar-refractivity contribution in [3.63, 3.8) is 0 Å². The van der Waals surface area contributed by atoms with Gasteiger partial charge < -0.3 is 9.15 Å². The van der Waals surface area contributed by atoms with Crippen LogP contribution in [0.5, 0.6) is 0 Å². The molecule has 1 heterocycles. The van der Waals surface area contributed by atoms with E-state index in [0.717, 1.165) is 11.3 Å². The summed E-state index contributed by atoms with van der Waals surface area (Å²) in [7, 11) is 0. The molecule has 0 bridgehead atoms. The van der Waals surface area contributed by atoms with E-state index in [2.05, 4.69) is 53.3 Å². The molecule has 3 nitrogen and oxygen atoms in total. The van der Waals surface area contributed by atoms with Crippen molar-refractivity contribution < 1.29 is 13.9 Å². The van der Waals surface area contributed by atoms with Gasteiger partial charge in [0.1, 0.15) is 5.76 Å². The van der Waals surface area contributed by atoms with Crippen LogP contribution < -0.4 is 0 Å². The molecular weight excluding hydrogens is 348 g/mol. The summed E-state index contributed by atoms with van der Waals surface area (Å²) in [6.45, 7) is 18.0. The van der Waals surface area contributed by atoms with Crippen molar-refractivity contribution in [3.8, 4) is 0 Å². The lowest BCUT2D eigenvalue weighted by atomic mass is 9.62. The molecule has 1 aliphatic carbocycles. The molecule has 0 aliphatic heterocycles. The number of esters is 1. The van der Waals surface area contributed by atoms with E-state index in [4.69, 9.17) is 9.15 Å². The third kappa shape index (κ3) is 3.80. The zero-order valence-electron chi connectivity index (χ0n) is 18.1. The minimum Gasteiger partial charge on any atom is -0.460 e. The second-order valence-corrected chi connectivity index (χ2v) is 9.25. The summed E-state index contributed by atoms with van der Waals surface area (Å²) in [5.41, 5.74) is 6.67. The van der Waals surface area contributed by atoms with E-state index in [-0.39, 0.29) is 16.6 Å². The van der Waals surface area contributed by atoms with Crippen LogP contribution >= 0.6 is 0 Å². The Bertz CT molecular complexity index is 912. The molecule has 1 aliphatic rings. The lowest BCUT2D eigenvalue weighted by molar-refractivity contribution is 0.0488. The van der Waals surface area contributed by atoms with Gasteiger partial charge in [0.15, 0.2) is 0 Å². The molecule has 0 atom stereocenters.